The zero-order chi connectivity index (χ0) is 20.4. The number of piperidine rings is 2. The number of hydrogen-bond donors (Lipinski definition) is 0. The second-order valence-electron chi connectivity index (χ2n) is 7.89. The van der Waals surface area contributed by atoms with Gasteiger partial charge in [-0.05, 0) is 37.8 Å². The topological polar surface area (TPSA) is 59.7 Å². The van der Waals surface area contributed by atoms with Gasteiger partial charge < -0.3 is 14.5 Å². The fourth-order valence-electron chi connectivity index (χ4n) is 4.88. The van der Waals surface area contributed by atoms with E-state index in [2.05, 4.69) is 10.8 Å². The van der Waals surface area contributed by atoms with E-state index in [1.54, 1.807) is 9.47 Å². The van der Waals surface area contributed by atoms with Gasteiger partial charge in [-0.15, -0.1) is 6.42 Å². The minimum Gasteiger partial charge on any atom is -0.453 e. The first kappa shape index (κ1) is 19.6. The predicted molar refractivity (Wildman–Crippen MR) is 112 cm³/mol. The number of imidazole rings is 1. The smallest absolute Gasteiger partial charge is 0.409 e. The van der Waals surface area contributed by atoms with Crippen LogP contribution in [0.25, 0.3) is 11.0 Å². The summed E-state index contributed by atoms with van der Waals surface area (Å²) in [5, 5.41) is 0. The van der Waals surface area contributed by atoms with Gasteiger partial charge >= 0.3 is 11.8 Å². The van der Waals surface area contributed by atoms with E-state index in [0.717, 1.165) is 62.9 Å². The highest BCUT2D eigenvalue weighted by Gasteiger charge is 2.31. The van der Waals surface area contributed by atoms with E-state index in [1.807, 2.05) is 28.8 Å². The molecular weight excluding hydrogens is 368 g/mol. The van der Waals surface area contributed by atoms with Crippen LogP contribution in [0, 0.1) is 12.3 Å². The number of aromatic nitrogens is 2. The maximum atomic E-state index is 13.1. The van der Waals surface area contributed by atoms with Crippen LogP contribution in [0.15, 0.2) is 29.1 Å². The van der Waals surface area contributed by atoms with Gasteiger partial charge in [-0.3, -0.25) is 9.13 Å². The van der Waals surface area contributed by atoms with Crippen molar-refractivity contribution < 1.29 is 9.53 Å². The number of carbonyl (C=O) groups is 1. The van der Waals surface area contributed by atoms with E-state index in [1.165, 1.54) is 7.11 Å². The summed E-state index contributed by atoms with van der Waals surface area (Å²) in [6, 6.07) is 8.59. The van der Waals surface area contributed by atoms with Crippen LogP contribution in [0.2, 0.25) is 0 Å². The highest BCUT2D eigenvalue weighted by Crippen LogP contribution is 2.28. The van der Waals surface area contributed by atoms with Crippen LogP contribution < -0.4 is 5.69 Å². The van der Waals surface area contributed by atoms with Crippen molar-refractivity contribution in [3.05, 3.63) is 34.7 Å². The van der Waals surface area contributed by atoms with Crippen molar-refractivity contribution in [2.24, 2.45) is 0 Å². The van der Waals surface area contributed by atoms with Gasteiger partial charge in [0.15, 0.2) is 0 Å². The van der Waals surface area contributed by atoms with Gasteiger partial charge in [0.1, 0.15) is 0 Å². The van der Waals surface area contributed by atoms with E-state index in [0.29, 0.717) is 12.6 Å². The molecule has 0 unspecified atom stereocenters. The Hall–Kier alpha value is -2.72. The summed E-state index contributed by atoms with van der Waals surface area (Å²) in [4.78, 5) is 29.0. The number of carbonyl (C=O) groups excluding carboxylic acids is 1. The number of rotatable bonds is 3. The van der Waals surface area contributed by atoms with Crippen molar-refractivity contribution in [3.63, 3.8) is 0 Å². The number of nitrogens with zero attached hydrogens (tertiary/aromatic N) is 4. The highest BCUT2D eigenvalue weighted by molar-refractivity contribution is 5.76. The molecule has 154 valence electrons. The summed E-state index contributed by atoms with van der Waals surface area (Å²) in [6.07, 6.45) is 9.09. The van der Waals surface area contributed by atoms with Crippen LogP contribution in [0.4, 0.5) is 4.79 Å². The lowest BCUT2D eigenvalue weighted by Gasteiger charge is -2.41. The molecule has 2 aliphatic rings. The van der Waals surface area contributed by atoms with Crippen molar-refractivity contribution >= 4 is 17.1 Å². The number of benzene rings is 1. The molecule has 1 aromatic carbocycles. The first-order chi connectivity index (χ1) is 14.1. The van der Waals surface area contributed by atoms with Crippen molar-refractivity contribution in [2.75, 3.05) is 33.3 Å². The summed E-state index contributed by atoms with van der Waals surface area (Å²) >= 11 is 0. The molecule has 0 saturated carbocycles. The Labute approximate surface area is 170 Å². The Kier molecular flexibility index (Phi) is 5.63. The zero-order valence-electron chi connectivity index (χ0n) is 16.9. The lowest BCUT2D eigenvalue weighted by molar-refractivity contribution is 0.0686. The summed E-state index contributed by atoms with van der Waals surface area (Å²) in [7, 11) is 1.43. The van der Waals surface area contributed by atoms with E-state index in [9.17, 15) is 9.59 Å². The minimum absolute atomic E-state index is 0.00557. The van der Waals surface area contributed by atoms with E-state index < -0.39 is 0 Å². The summed E-state index contributed by atoms with van der Waals surface area (Å²) in [5.74, 6) is 2.60. The van der Waals surface area contributed by atoms with Gasteiger partial charge in [0.05, 0.1) is 24.7 Å². The van der Waals surface area contributed by atoms with Crippen molar-refractivity contribution in [1.82, 2.24) is 18.9 Å². The molecule has 7 nitrogen and oxygen atoms in total. The molecule has 7 heteroatoms. The molecule has 2 aromatic rings. The number of amides is 1. The fraction of sp³-hybridized carbons (Fsp3) is 0.545. The lowest BCUT2D eigenvalue weighted by atomic mass is 9.97. The highest BCUT2D eigenvalue weighted by atomic mass is 16.5. The number of likely N-dealkylation sites (tertiary alicyclic amines) is 2. The van der Waals surface area contributed by atoms with Crippen LogP contribution in [-0.4, -0.2) is 64.4 Å². The largest absolute Gasteiger partial charge is 0.453 e. The van der Waals surface area contributed by atoms with Crippen LogP contribution in [0.5, 0.6) is 0 Å². The van der Waals surface area contributed by atoms with Gasteiger partial charge in [-0.1, -0.05) is 18.1 Å². The normalized spacial score (nSPS) is 19.4. The zero-order valence-corrected chi connectivity index (χ0v) is 16.9. The van der Waals surface area contributed by atoms with Crippen LogP contribution in [0.3, 0.4) is 0 Å². The monoisotopic (exact) mass is 396 g/mol. The van der Waals surface area contributed by atoms with Crippen molar-refractivity contribution in [3.8, 4) is 12.3 Å². The Morgan fingerprint density at radius 3 is 2.31 bits per heavy atom. The Morgan fingerprint density at radius 1 is 1.07 bits per heavy atom. The Morgan fingerprint density at radius 2 is 1.69 bits per heavy atom. The SMILES string of the molecule is C#CCn1c(=O)n(C2CCN(C3CCN(C(=O)OC)CC3)CC2)c2ccccc21. The summed E-state index contributed by atoms with van der Waals surface area (Å²) in [6.45, 7) is 3.72. The van der Waals surface area contributed by atoms with Gasteiger partial charge in [-0.2, -0.15) is 0 Å². The van der Waals surface area contributed by atoms with Crippen LogP contribution in [0.1, 0.15) is 31.7 Å². The quantitative estimate of drug-likeness (QED) is 0.747. The average Bonchev–Trinajstić information content (AvgIpc) is 3.05. The van der Waals surface area contributed by atoms with E-state index in [-0.39, 0.29) is 17.8 Å². The fourth-order valence-corrected chi connectivity index (χ4v) is 4.88. The Bertz CT molecular complexity index is 970. The second-order valence-corrected chi connectivity index (χ2v) is 7.89. The molecule has 2 saturated heterocycles. The van der Waals surface area contributed by atoms with Crippen LogP contribution >= 0.6 is 0 Å². The summed E-state index contributed by atoms with van der Waals surface area (Å²) < 4.78 is 8.47. The summed E-state index contributed by atoms with van der Waals surface area (Å²) in [5.41, 5.74) is 1.87. The molecule has 1 aromatic heterocycles. The molecule has 29 heavy (non-hydrogen) atoms. The number of para-hydroxylation sites is 2. The van der Waals surface area contributed by atoms with Crippen LogP contribution in [-0.2, 0) is 11.3 Å². The molecule has 0 radical (unpaired) electrons. The number of terminal acetylenes is 1. The third-order valence-corrected chi connectivity index (χ3v) is 6.40. The van der Waals surface area contributed by atoms with Gasteiger partial charge in [0.2, 0.25) is 0 Å². The number of hydrogen-bond acceptors (Lipinski definition) is 4. The molecule has 0 aliphatic carbocycles. The first-order valence-corrected chi connectivity index (χ1v) is 10.3. The molecule has 0 N–H and O–H groups in total. The minimum atomic E-state index is -0.232. The Balaban J connectivity index is 1.45. The average molecular weight is 396 g/mol. The third-order valence-electron chi connectivity index (χ3n) is 6.40. The number of methoxy groups -OCH3 is 1. The molecule has 4 rings (SSSR count). The lowest BCUT2D eigenvalue weighted by Crippen LogP contribution is -2.49. The number of fused-ring (bicyclic) bond motifs is 1. The molecule has 2 aliphatic heterocycles. The molecule has 0 bridgehead atoms. The molecule has 1 amide bonds. The van der Waals surface area contributed by atoms with Gasteiger partial charge in [0.25, 0.3) is 0 Å². The van der Waals surface area contributed by atoms with Crippen molar-refractivity contribution in [2.45, 2.75) is 44.3 Å². The maximum absolute atomic E-state index is 13.1. The van der Waals surface area contributed by atoms with Gasteiger partial charge in [0, 0.05) is 38.3 Å². The van der Waals surface area contributed by atoms with Crippen molar-refractivity contribution in [1.29, 1.82) is 0 Å². The van der Waals surface area contributed by atoms with E-state index >= 15 is 0 Å². The first-order valence-electron chi connectivity index (χ1n) is 10.3. The molecule has 0 spiro atoms. The molecule has 2 fully saturated rings. The standard InChI is InChI=1S/C22H28N4O3/c1-3-12-25-19-6-4-5-7-20(19)26(21(25)27)18-10-13-23(14-11-18)17-8-15-24(16-9-17)22(28)29-2/h1,4-7,17-18H,8-16H2,2H3. The maximum Gasteiger partial charge on any atom is 0.409 e. The number of ether oxygens (including phenoxy) is 1. The third kappa shape index (κ3) is 3.65. The molecule has 0 atom stereocenters. The molecule has 3 heterocycles. The predicted octanol–water partition coefficient (Wildman–Crippen LogP) is 2.30. The van der Waals surface area contributed by atoms with Gasteiger partial charge in [-0.25, -0.2) is 9.59 Å². The second kappa shape index (κ2) is 8.34. The van der Waals surface area contributed by atoms with E-state index in [4.69, 9.17) is 11.2 Å². The molecular formula is C22H28N4O3.